The minimum absolute atomic E-state index is 0.0379. The molecule has 8 heteroatoms. The summed E-state index contributed by atoms with van der Waals surface area (Å²) >= 11 is 5.92. The van der Waals surface area contributed by atoms with Crippen LogP contribution in [0.2, 0.25) is 5.02 Å². The van der Waals surface area contributed by atoms with E-state index >= 15 is 0 Å². The summed E-state index contributed by atoms with van der Waals surface area (Å²) in [7, 11) is 3.93. The number of nitrogens with one attached hydrogen (secondary N) is 1. The first-order valence-electron chi connectivity index (χ1n) is 8.49. The Balaban J connectivity index is 1.89. The van der Waals surface area contributed by atoms with Gasteiger partial charge in [-0.15, -0.1) is 0 Å². The molecule has 0 aliphatic rings. The smallest absolute Gasteiger partial charge is 0.163 e. The minimum atomic E-state index is -0.474. The van der Waals surface area contributed by atoms with Crippen molar-refractivity contribution in [3.63, 3.8) is 0 Å². The average molecular weight is 395 g/mol. The third-order valence-electron chi connectivity index (χ3n) is 4.22. The highest BCUT2D eigenvalue weighted by Crippen LogP contribution is 2.31. The fourth-order valence-corrected chi connectivity index (χ4v) is 2.93. The molecular formula is C20H16ClFN6. The van der Waals surface area contributed by atoms with Crippen LogP contribution in [0.5, 0.6) is 0 Å². The molecule has 2 heterocycles. The maximum Gasteiger partial charge on any atom is 0.163 e. The number of benzene rings is 2. The summed E-state index contributed by atoms with van der Waals surface area (Å²) in [6.07, 6.45) is 3.19. The number of halogens is 2. The summed E-state index contributed by atoms with van der Waals surface area (Å²) in [6, 6.07) is 12.2. The lowest BCUT2D eigenvalue weighted by molar-refractivity contribution is 0.628. The van der Waals surface area contributed by atoms with E-state index in [0.717, 1.165) is 22.2 Å². The molecule has 28 heavy (non-hydrogen) atoms. The van der Waals surface area contributed by atoms with Crippen molar-refractivity contribution < 1.29 is 4.39 Å². The van der Waals surface area contributed by atoms with Gasteiger partial charge < -0.3 is 10.2 Å². The van der Waals surface area contributed by atoms with Gasteiger partial charge in [-0.05, 0) is 42.5 Å². The maximum absolute atomic E-state index is 13.5. The van der Waals surface area contributed by atoms with Crippen LogP contribution >= 0.6 is 11.6 Å². The molecule has 4 rings (SSSR count). The summed E-state index contributed by atoms with van der Waals surface area (Å²) in [5.74, 6) is 0.622. The zero-order chi connectivity index (χ0) is 19.7. The fourth-order valence-electron chi connectivity index (χ4n) is 2.75. The highest BCUT2D eigenvalue weighted by Gasteiger charge is 2.12. The van der Waals surface area contributed by atoms with E-state index in [1.807, 2.05) is 37.2 Å². The Morgan fingerprint density at radius 3 is 2.57 bits per heavy atom. The topological polar surface area (TPSA) is 66.8 Å². The summed E-state index contributed by atoms with van der Waals surface area (Å²) in [4.78, 5) is 11.3. The van der Waals surface area contributed by atoms with Crippen LogP contribution in [0.15, 0.2) is 54.9 Å². The van der Waals surface area contributed by atoms with Crippen LogP contribution in [0, 0.1) is 5.82 Å². The summed E-state index contributed by atoms with van der Waals surface area (Å²) in [5, 5.41) is 11.8. The van der Waals surface area contributed by atoms with Gasteiger partial charge in [-0.3, -0.25) is 0 Å². The van der Waals surface area contributed by atoms with Gasteiger partial charge in [-0.2, -0.15) is 10.2 Å². The van der Waals surface area contributed by atoms with E-state index in [0.29, 0.717) is 17.3 Å². The van der Waals surface area contributed by atoms with Crippen molar-refractivity contribution in [2.75, 3.05) is 24.3 Å². The van der Waals surface area contributed by atoms with Crippen molar-refractivity contribution in [3.05, 3.63) is 65.7 Å². The lowest BCUT2D eigenvalue weighted by Gasteiger charge is -2.16. The lowest BCUT2D eigenvalue weighted by Crippen LogP contribution is -2.08. The van der Waals surface area contributed by atoms with Crippen molar-refractivity contribution in [1.82, 2.24) is 20.2 Å². The van der Waals surface area contributed by atoms with Crippen molar-refractivity contribution in [1.29, 1.82) is 0 Å². The molecule has 1 N–H and O–H groups in total. The van der Waals surface area contributed by atoms with Gasteiger partial charge in [0.2, 0.25) is 0 Å². The Labute approximate surface area is 166 Å². The molecule has 0 saturated heterocycles. The molecule has 2 aromatic carbocycles. The highest BCUT2D eigenvalue weighted by atomic mass is 35.5. The Morgan fingerprint density at radius 2 is 1.86 bits per heavy atom. The minimum Gasteiger partial charge on any atom is -0.378 e. The van der Waals surface area contributed by atoms with E-state index in [1.165, 1.54) is 12.1 Å². The van der Waals surface area contributed by atoms with Gasteiger partial charge in [0.1, 0.15) is 11.6 Å². The van der Waals surface area contributed by atoms with Crippen LogP contribution in [0.4, 0.5) is 21.6 Å². The number of aromatic nitrogens is 4. The molecule has 0 aliphatic heterocycles. The average Bonchev–Trinajstić information content (AvgIpc) is 2.71. The molecule has 0 saturated carbocycles. The van der Waals surface area contributed by atoms with Crippen molar-refractivity contribution in [2.45, 2.75) is 0 Å². The summed E-state index contributed by atoms with van der Waals surface area (Å²) in [5.41, 5.74) is 3.15. The van der Waals surface area contributed by atoms with Crippen LogP contribution < -0.4 is 10.2 Å². The maximum atomic E-state index is 13.5. The number of nitrogens with zero attached hydrogens (tertiary/aromatic N) is 5. The molecule has 4 aromatic rings. The van der Waals surface area contributed by atoms with Crippen LogP contribution in [0.3, 0.4) is 0 Å². The Kier molecular flexibility index (Phi) is 4.75. The van der Waals surface area contributed by atoms with Crippen LogP contribution in [0.25, 0.3) is 22.3 Å². The molecule has 0 atom stereocenters. The van der Waals surface area contributed by atoms with Crippen LogP contribution in [-0.4, -0.2) is 34.3 Å². The van der Waals surface area contributed by atoms with E-state index < -0.39 is 5.82 Å². The van der Waals surface area contributed by atoms with E-state index in [1.54, 1.807) is 24.5 Å². The molecule has 140 valence electrons. The summed E-state index contributed by atoms with van der Waals surface area (Å²) < 4.78 is 13.5. The molecule has 0 spiro atoms. The number of anilines is 3. The third-order valence-corrected chi connectivity index (χ3v) is 4.51. The van der Waals surface area contributed by atoms with Crippen molar-refractivity contribution >= 4 is 39.7 Å². The predicted octanol–water partition coefficient (Wildman–Crippen LogP) is 4.69. The Morgan fingerprint density at radius 1 is 1.00 bits per heavy atom. The first kappa shape index (κ1) is 18.1. The second-order valence-corrected chi connectivity index (χ2v) is 6.78. The number of rotatable bonds is 4. The SMILES string of the molecule is CN(C)c1ccc2nc(-c3ccnnc3)nc(Nc3ccc(F)c(Cl)c3)c2c1. The second kappa shape index (κ2) is 7.36. The van der Waals surface area contributed by atoms with Gasteiger partial charge in [-0.1, -0.05) is 11.6 Å². The number of fused-ring (bicyclic) bond motifs is 1. The van der Waals surface area contributed by atoms with Crippen molar-refractivity contribution in [2.24, 2.45) is 0 Å². The predicted molar refractivity (Wildman–Crippen MR) is 110 cm³/mol. The molecule has 0 aliphatic carbocycles. The molecule has 0 fully saturated rings. The first-order valence-corrected chi connectivity index (χ1v) is 8.87. The van der Waals surface area contributed by atoms with Gasteiger partial charge >= 0.3 is 0 Å². The highest BCUT2D eigenvalue weighted by molar-refractivity contribution is 6.31. The lowest BCUT2D eigenvalue weighted by atomic mass is 10.1. The van der Waals surface area contributed by atoms with Crippen molar-refractivity contribution in [3.8, 4) is 11.4 Å². The van der Waals surface area contributed by atoms with Gasteiger partial charge in [0.15, 0.2) is 5.82 Å². The Bertz CT molecular complexity index is 1150. The molecule has 2 aromatic heterocycles. The zero-order valence-corrected chi connectivity index (χ0v) is 15.9. The van der Waals surface area contributed by atoms with E-state index in [4.69, 9.17) is 11.6 Å². The monoisotopic (exact) mass is 394 g/mol. The van der Waals surface area contributed by atoms with Crippen LogP contribution in [-0.2, 0) is 0 Å². The number of hydrogen-bond donors (Lipinski definition) is 1. The van der Waals surface area contributed by atoms with E-state index in [-0.39, 0.29) is 5.02 Å². The largest absolute Gasteiger partial charge is 0.378 e. The standard InChI is InChI=1S/C20H16ClFN6/c1-28(2)14-4-6-18-15(10-14)20(25-13-3-5-17(22)16(21)9-13)27-19(26-18)12-7-8-23-24-11-12/h3-11H,1-2H3,(H,25,26,27). The van der Waals surface area contributed by atoms with Gasteiger partial charge in [0.05, 0.1) is 22.9 Å². The molecule has 0 bridgehead atoms. The molecule has 0 radical (unpaired) electrons. The Hall–Kier alpha value is -3.32. The van der Waals surface area contributed by atoms with Gasteiger partial charge in [-0.25, -0.2) is 14.4 Å². The zero-order valence-electron chi connectivity index (χ0n) is 15.2. The van der Waals surface area contributed by atoms with Crippen LogP contribution in [0.1, 0.15) is 0 Å². The normalized spacial score (nSPS) is 10.9. The molecule has 6 nitrogen and oxygen atoms in total. The van der Waals surface area contributed by atoms with Gasteiger partial charge in [0, 0.05) is 36.4 Å². The molecular weight excluding hydrogens is 379 g/mol. The fraction of sp³-hybridized carbons (Fsp3) is 0.100. The number of hydrogen-bond acceptors (Lipinski definition) is 6. The molecule has 0 unspecified atom stereocenters. The van der Waals surface area contributed by atoms with E-state index in [9.17, 15) is 4.39 Å². The third kappa shape index (κ3) is 3.57. The van der Waals surface area contributed by atoms with Gasteiger partial charge in [0.25, 0.3) is 0 Å². The summed E-state index contributed by atoms with van der Waals surface area (Å²) in [6.45, 7) is 0. The first-order chi connectivity index (χ1) is 13.5. The quantitative estimate of drug-likeness (QED) is 0.541. The van der Waals surface area contributed by atoms with E-state index in [2.05, 4.69) is 25.5 Å². The second-order valence-electron chi connectivity index (χ2n) is 6.38. The molecule has 0 amide bonds.